The van der Waals surface area contributed by atoms with Crippen LogP contribution in [0.2, 0.25) is 0 Å². The average Bonchev–Trinajstić information content (AvgIpc) is 1.87. The fourth-order valence-corrected chi connectivity index (χ4v) is 0. The summed E-state index contributed by atoms with van der Waals surface area (Å²) in [6, 6.07) is 0. The minimum Gasteiger partial charge on any atom is -0.349 e. The van der Waals surface area contributed by atoms with Crippen molar-refractivity contribution in [2.24, 2.45) is 0 Å². The minimum absolute atomic E-state index is 0.0926. The molecule has 0 aromatic carbocycles. The Hall–Kier alpha value is -0.900. The second-order valence-corrected chi connectivity index (χ2v) is 2.82. The maximum absolute atomic E-state index is 10.1. The third-order valence-corrected chi connectivity index (χ3v) is 0.630. The first kappa shape index (κ1) is 18.0. The first-order valence-corrected chi connectivity index (χ1v) is 4.03. The van der Waals surface area contributed by atoms with Gasteiger partial charge >= 0.3 is 0 Å². The van der Waals surface area contributed by atoms with Crippen LogP contribution in [0.3, 0.4) is 0 Å². The molecule has 0 bridgehead atoms. The molecule has 0 spiro atoms. The molecule has 4 nitrogen and oxygen atoms in total. The zero-order valence-corrected chi connectivity index (χ0v) is 9.76. The summed E-state index contributed by atoms with van der Waals surface area (Å²) in [7, 11) is 7.20. The number of hydrogen-bond acceptors (Lipinski definition) is 3. The number of ketones is 1. The van der Waals surface area contributed by atoms with Gasteiger partial charge in [-0.3, -0.25) is 4.79 Å². The lowest BCUT2D eigenvalue weighted by atomic mass is 10.6. The summed E-state index contributed by atoms with van der Waals surface area (Å²) >= 11 is 0. The zero-order chi connectivity index (χ0) is 11.4. The smallest absolute Gasteiger partial charge is 0.218 e. The monoisotopic (exact) mass is 190 g/mol. The van der Waals surface area contributed by atoms with Gasteiger partial charge in [0.25, 0.3) is 0 Å². The van der Waals surface area contributed by atoms with Crippen molar-refractivity contribution in [2.75, 3.05) is 28.2 Å². The molecule has 0 aliphatic carbocycles. The summed E-state index contributed by atoms with van der Waals surface area (Å²) in [5, 5.41) is 2.75. The van der Waals surface area contributed by atoms with E-state index in [4.69, 9.17) is 0 Å². The summed E-state index contributed by atoms with van der Waals surface area (Å²) < 4.78 is 0. The van der Waals surface area contributed by atoms with Gasteiger partial charge in [-0.1, -0.05) is 0 Å². The SMILES string of the molecule is CC(=O)N(C)C.CC(C)=O.CNC. The lowest BCUT2D eigenvalue weighted by molar-refractivity contribution is -0.126. The van der Waals surface area contributed by atoms with Crippen molar-refractivity contribution in [3.05, 3.63) is 0 Å². The standard InChI is InChI=1S/C4H9NO.C3H6O.C2H7N/c1-4(6)5(2)3;1-3(2)4;1-3-2/h1-3H3;1-2H3;3H,1-2H3. The Bertz CT molecular complexity index is 130. The summed E-state index contributed by atoms with van der Waals surface area (Å²) in [4.78, 5) is 21.0. The van der Waals surface area contributed by atoms with Crippen molar-refractivity contribution < 1.29 is 9.59 Å². The summed E-state index contributed by atoms with van der Waals surface area (Å²) in [5.41, 5.74) is 0. The summed E-state index contributed by atoms with van der Waals surface area (Å²) in [5.74, 6) is 0.259. The Morgan fingerprint density at radius 2 is 1.08 bits per heavy atom. The normalized spacial score (nSPS) is 7.00. The Balaban J connectivity index is -0.000000125. The van der Waals surface area contributed by atoms with Crippen LogP contribution < -0.4 is 5.32 Å². The lowest BCUT2D eigenvalue weighted by Crippen LogP contribution is -2.17. The van der Waals surface area contributed by atoms with Gasteiger partial charge in [0, 0.05) is 21.0 Å². The van der Waals surface area contributed by atoms with E-state index < -0.39 is 0 Å². The average molecular weight is 190 g/mol. The molecule has 0 unspecified atom stereocenters. The molecule has 0 saturated heterocycles. The highest BCUT2D eigenvalue weighted by molar-refractivity contribution is 5.72. The van der Waals surface area contributed by atoms with E-state index in [2.05, 4.69) is 5.32 Å². The Morgan fingerprint density at radius 3 is 1.08 bits per heavy atom. The van der Waals surface area contributed by atoms with Gasteiger partial charge in [0.1, 0.15) is 5.78 Å². The fourth-order valence-electron chi connectivity index (χ4n) is 0. The number of nitrogens with one attached hydrogen (secondary N) is 1. The Kier molecular flexibility index (Phi) is 18.9. The highest BCUT2D eigenvalue weighted by Gasteiger charge is 1.87. The first-order valence-electron chi connectivity index (χ1n) is 4.03. The molecule has 80 valence electrons. The topological polar surface area (TPSA) is 49.4 Å². The molecule has 0 saturated carbocycles. The van der Waals surface area contributed by atoms with Crippen LogP contribution in [0.4, 0.5) is 0 Å². The van der Waals surface area contributed by atoms with Crippen molar-refractivity contribution in [1.29, 1.82) is 0 Å². The van der Waals surface area contributed by atoms with Crippen LogP contribution >= 0.6 is 0 Å². The number of nitrogens with zero attached hydrogens (tertiary/aromatic N) is 1. The quantitative estimate of drug-likeness (QED) is 0.606. The van der Waals surface area contributed by atoms with Gasteiger partial charge < -0.3 is 15.0 Å². The first-order chi connectivity index (χ1) is 5.79. The van der Waals surface area contributed by atoms with Gasteiger partial charge in [0.2, 0.25) is 5.91 Å². The Morgan fingerprint density at radius 1 is 1.00 bits per heavy atom. The van der Waals surface area contributed by atoms with Crippen LogP contribution in [-0.2, 0) is 9.59 Å². The van der Waals surface area contributed by atoms with E-state index in [0.29, 0.717) is 0 Å². The van der Waals surface area contributed by atoms with Crippen LogP contribution in [0.5, 0.6) is 0 Å². The second-order valence-electron chi connectivity index (χ2n) is 2.82. The Labute approximate surface area is 81.3 Å². The second kappa shape index (κ2) is 13.7. The molecule has 0 radical (unpaired) electrons. The van der Waals surface area contributed by atoms with Gasteiger partial charge in [-0.15, -0.1) is 0 Å². The molecule has 0 aromatic rings. The molecular formula is C9H22N2O2. The molecule has 0 fully saturated rings. The molecular weight excluding hydrogens is 168 g/mol. The van der Waals surface area contributed by atoms with E-state index in [9.17, 15) is 9.59 Å². The van der Waals surface area contributed by atoms with Crippen LogP contribution in [0.15, 0.2) is 0 Å². The number of amides is 1. The highest BCUT2D eigenvalue weighted by Crippen LogP contribution is 1.69. The van der Waals surface area contributed by atoms with E-state index in [0.717, 1.165) is 0 Å². The molecule has 1 N–H and O–H groups in total. The molecule has 0 rings (SSSR count). The maximum Gasteiger partial charge on any atom is 0.218 e. The molecule has 0 aromatic heterocycles. The maximum atomic E-state index is 10.1. The molecule has 0 heterocycles. The highest BCUT2D eigenvalue weighted by atomic mass is 16.2. The predicted octanol–water partition coefficient (Wildman–Crippen LogP) is 0.525. The lowest BCUT2D eigenvalue weighted by Gasteiger charge is -2.02. The van der Waals surface area contributed by atoms with Crippen molar-refractivity contribution >= 4 is 11.7 Å². The minimum atomic E-state index is 0.0926. The number of rotatable bonds is 0. The molecule has 0 atom stereocenters. The van der Waals surface area contributed by atoms with E-state index in [-0.39, 0.29) is 11.7 Å². The van der Waals surface area contributed by atoms with E-state index in [1.54, 1.807) is 14.1 Å². The van der Waals surface area contributed by atoms with Crippen LogP contribution in [-0.4, -0.2) is 44.8 Å². The number of carbonyl (C=O) groups is 2. The van der Waals surface area contributed by atoms with E-state index >= 15 is 0 Å². The number of hydrogen-bond donors (Lipinski definition) is 1. The molecule has 1 amide bonds. The van der Waals surface area contributed by atoms with Crippen LogP contribution in [0.1, 0.15) is 20.8 Å². The van der Waals surface area contributed by atoms with Crippen molar-refractivity contribution in [2.45, 2.75) is 20.8 Å². The van der Waals surface area contributed by atoms with E-state index in [1.165, 1.54) is 25.7 Å². The summed E-state index contributed by atoms with van der Waals surface area (Å²) in [6.07, 6.45) is 0. The van der Waals surface area contributed by atoms with Gasteiger partial charge in [-0.2, -0.15) is 0 Å². The van der Waals surface area contributed by atoms with Crippen molar-refractivity contribution in [1.82, 2.24) is 10.2 Å². The largest absolute Gasteiger partial charge is 0.349 e. The third-order valence-electron chi connectivity index (χ3n) is 0.630. The van der Waals surface area contributed by atoms with E-state index in [1.807, 2.05) is 14.1 Å². The van der Waals surface area contributed by atoms with Crippen molar-refractivity contribution in [3.63, 3.8) is 0 Å². The van der Waals surface area contributed by atoms with Gasteiger partial charge in [-0.25, -0.2) is 0 Å². The van der Waals surface area contributed by atoms with Gasteiger partial charge in [-0.05, 0) is 27.9 Å². The molecule has 13 heavy (non-hydrogen) atoms. The predicted molar refractivity (Wildman–Crippen MR) is 55.7 cm³/mol. The molecule has 4 heteroatoms. The van der Waals surface area contributed by atoms with Crippen molar-refractivity contribution in [3.8, 4) is 0 Å². The van der Waals surface area contributed by atoms with Gasteiger partial charge in [0.15, 0.2) is 0 Å². The van der Waals surface area contributed by atoms with Gasteiger partial charge in [0.05, 0.1) is 0 Å². The molecule has 0 aliphatic heterocycles. The number of Topliss-reactive ketones (excluding diaryl/α,β-unsaturated/α-hetero) is 1. The third kappa shape index (κ3) is 95.6. The number of carbonyl (C=O) groups excluding carboxylic acids is 2. The van der Waals surface area contributed by atoms with Crippen LogP contribution in [0, 0.1) is 0 Å². The fraction of sp³-hybridized carbons (Fsp3) is 0.778. The zero-order valence-electron chi connectivity index (χ0n) is 9.76. The van der Waals surface area contributed by atoms with Crippen LogP contribution in [0.25, 0.3) is 0 Å². The molecule has 0 aliphatic rings. The summed E-state index contributed by atoms with van der Waals surface area (Å²) in [6.45, 7) is 4.58.